The van der Waals surface area contributed by atoms with E-state index in [-0.39, 0.29) is 4.90 Å². The zero-order valence-electron chi connectivity index (χ0n) is 9.27. The van der Waals surface area contributed by atoms with Crippen LogP contribution in [0.3, 0.4) is 0 Å². The lowest BCUT2D eigenvalue weighted by Crippen LogP contribution is -2.10. The molecule has 0 atom stereocenters. The Balaban J connectivity index is 3.28. The van der Waals surface area contributed by atoms with Gasteiger partial charge in [-0.1, -0.05) is 6.92 Å². The van der Waals surface area contributed by atoms with E-state index < -0.39 is 19.1 Å². The number of hydrogen-bond acceptors (Lipinski definition) is 4. The normalized spacial score (nSPS) is 12.4. The molecule has 8 heteroatoms. The monoisotopic (exact) mass is 297 g/mol. The van der Waals surface area contributed by atoms with Gasteiger partial charge in [-0.15, -0.1) is 0 Å². The van der Waals surface area contributed by atoms with E-state index in [1.165, 1.54) is 18.2 Å². The van der Waals surface area contributed by atoms with Crippen LogP contribution in [0.25, 0.3) is 0 Å². The molecule has 1 N–H and O–H groups in total. The molecule has 0 fully saturated rings. The van der Waals surface area contributed by atoms with Crippen molar-refractivity contribution in [1.82, 2.24) is 0 Å². The molecule has 1 rings (SSSR count). The van der Waals surface area contributed by atoms with Gasteiger partial charge in [-0.2, -0.15) is 0 Å². The molecule has 0 amide bonds. The van der Waals surface area contributed by atoms with Crippen molar-refractivity contribution < 1.29 is 16.8 Å². The largest absolute Gasteiger partial charge is 0.284 e. The highest BCUT2D eigenvalue weighted by Gasteiger charge is 2.15. The number of hydrogen-bond donors (Lipinski definition) is 1. The van der Waals surface area contributed by atoms with Gasteiger partial charge in [0.15, 0.2) is 0 Å². The van der Waals surface area contributed by atoms with Gasteiger partial charge in [0, 0.05) is 16.4 Å². The number of anilines is 1. The van der Waals surface area contributed by atoms with Crippen molar-refractivity contribution in [2.75, 3.05) is 11.0 Å². The first-order valence-corrected chi connectivity index (χ1v) is 8.89. The van der Waals surface area contributed by atoms with Crippen molar-refractivity contribution in [2.24, 2.45) is 0 Å². The second-order valence-electron chi connectivity index (χ2n) is 3.49. The van der Waals surface area contributed by atoms with Gasteiger partial charge in [0.05, 0.1) is 11.2 Å². The van der Waals surface area contributed by atoms with Crippen LogP contribution in [0.2, 0.25) is 0 Å². The van der Waals surface area contributed by atoms with Gasteiger partial charge in [0.1, 0.15) is 0 Å². The fraction of sp³-hybridized carbons (Fsp3) is 0.333. The number of halogens is 1. The first-order valence-electron chi connectivity index (χ1n) is 4.69. The molecule has 0 aliphatic rings. The molecule has 0 saturated heterocycles. The molecular formula is C9H12ClNO4S2. The van der Waals surface area contributed by atoms with Crippen molar-refractivity contribution in [3.8, 4) is 0 Å². The summed E-state index contributed by atoms with van der Waals surface area (Å²) in [5, 5.41) is 0. The minimum absolute atomic E-state index is 0.000665. The van der Waals surface area contributed by atoms with Crippen LogP contribution in [0.1, 0.15) is 12.5 Å². The maximum Gasteiger partial charge on any atom is 0.261 e. The van der Waals surface area contributed by atoms with Gasteiger partial charge in [0.25, 0.3) is 9.05 Å². The molecule has 0 heterocycles. The van der Waals surface area contributed by atoms with Crippen molar-refractivity contribution in [3.05, 3.63) is 23.8 Å². The van der Waals surface area contributed by atoms with Crippen LogP contribution >= 0.6 is 10.7 Å². The zero-order valence-corrected chi connectivity index (χ0v) is 11.7. The van der Waals surface area contributed by atoms with E-state index in [9.17, 15) is 16.8 Å². The molecule has 0 spiro atoms. The molecule has 0 radical (unpaired) electrons. The summed E-state index contributed by atoms with van der Waals surface area (Å²) in [6, 6.07) is 4.10. The highest BCUT2D eigenvalue weighted by Crippen LogP contribution is 2.24. The lowest BCUT2D eigenvalue weighted by molar-refractivity contribution is 0.606. The van der Waals surface area contributed by atoms with Crippen LogP contribution in [0.15, 0.2) is 23.1 Å². The van der Waals surface area contributed by atoms with Crippen LogP contribution in [0, 0.1) is 0 Å². The molecule has 1 aromatic carbocycles. The Kier molecular flexibility index (Phi) is 4.06. The molecule has 0 unspecified atom stereocenters. The predicted octanol–water partition coefficient (Wildman–Crippen LogP) is 1.55. The van der Waals surface area contributed by atoms with Crippen LogP contribution in [-0.2, 0) is 25.5 Å². The van der Waals surface area contributed by atoms with Gasteiger partial charge >= 0.3 is 0 Å². The maximum atomic E-state index is 11.2. The summed E-state index contributed by atoms with van der Waals surface area (Å²) in [7, 11) is -1.93. The number of rotatable bonds is 4. The highest BCUT2D eigenvalue weighted by molar-refractivity contribution is 8.13. The van der Waals surface area contributed by atoms with E-state index in [4.69, 9.17) is 10.7 Å². The van der Waals surface area contributed by atoms with E-state index in [1.54, 1.807) is 6.92 Å². The van der Waals surface area contributed by atoms with Crippen molar-refractivity contribution in [2.45, 2.75) is 18.2 Å². The maximum absolute atomic E-state index is 11.2. The Labute approximate surface area is 105 Å². The topological polar surface area (TPSA) is 80.3 Å². The second-order valence-corrected chi connectivity index (χ2v) is 7.77. The summed E-state index contributed by atoms with van der Waals surface area (Å²) in [6.07, 6.45) is 1.45. The molecule has 17 heavy (non-hydrogen) atoms. The third-order valence-electron chi connectivity index (χ3n) is 2.01. The number of sulfonamides is 1. The minimum Gasteiger partial charge on any atom is -0.284 e. The zero-order chi connectivity index (χ0) is 13.3. The van der Waals surface area contributed by atoms with Crippen molar-refractivity contribution in [3.63, 3.8) is 0 Å². The Bertz CT molecular complexity index is 622. The Hall–Kier alpha value is -0.790. The standard InChI is InChI=1S/C9H12ClNO4S2/c1-3-7-6-8(11-16(2,12)13)4-5-9(7)17(10,14)15/h4-6,11H,3H2,1-2H3. The van der Waals surface area contributed by atoms with E-state index in [2.05, 4.69) is 4.72 Å². The average molecular weight is 298 g/mol. The molecule has 5 nitrogen and oxygen atoms in total. The molecule has 0 bridgehead atoms. The first kappa shape index (κ1) is 14.3. The van der Waals surface area contributed by atoms with E-state index in [1.807, 2.05) is 0 Å². The Morgan fingerprint density at radius 2 is 1.82 bits per heavy atom. The summed E-state index contributed by atoms with van der Waals surface area (Å²) in [5.41, 5.74) is 0.780. The van der Waals surface area contributed by atoms with Crippen LogP contribution in [0.5, 0.6) is 0 Å². The van der Waals surface area contributed by atoms with Gasteiger partial charge in [0.2, 0.25) is 10.0 Å². The fourth-order valence-corrected chi connectivity index (χ4v) is 3.12. The molecule has 0 aliphatic carbocycles. The molecule has 96 valence electrons. The lowest BCUT2D eigenvalue weighted by Gasteiger charge is -2.08. The molecule has 1 aromatic rings. The number of benzene rings is 1. The Morgan fingerprint density at radius 3 is 2.24 bits per heavy atom. The van der Waals surface area contributed by atoms with E-state index >= 15 is 0 Å². The van der Waals surface area contributed by atoms with E-state index in [0.29, 0.717) is 17.7 Å². The predicted molar refractivity (Wildman–Crippen MR) is 67.3 cm³/mol. The molecule has 0 aromatic heterocycles. The first-order chi connectivity index (χ1) is 7.63. The van der Waals surface area contributed by atoms with Gasteiger partial charge in [-0.25, -0.2) is 16.8 Å². The molecular weight excluding hydrogens is 286 g/mol. The summed E-state index contributed by atoms with van der Waals surface area (Å²) in [4.78, 5) is 0.000665. The van der Waals surface area contributed by atoms with Gasteiger partial charge in [-0.3, -0.25) is 4.72 Å². The quantitative estimate of drug-likeness (QED) is 0.855. The van der Waals surface area contributed by atoms with Crippen LogP contribution in [-0.4, -0.2) is 23.1 Å². The average Bonchev–Trinajstić information content (AvgIpc) is 2.13. The highest BCUT2D eigenvalue weighted by atomic mass is 35.7. The molecule has 0 aliphatic heterocycles. The third kappa shape index (κ3) is 4.18. The SMILES string of the molecule is CCc1cc(NS(C)(=O)=O)ccc1S(=O)(=O)Cl. The Morgan fingerprint density at radius 1 is 1.24 bits per heavy atom. The van der Waals surface area contributed by atoms with Crippen LogP contribution < -0.4 is 4.72 Å². The third-order valence-corrected chi connectivity index (χ3v) is 4.04. The van der Waals surface area contributed by atoms with Crippen molar-refractivity contribution >= 4 is 35.4 Å². The van der Waals surface area contributed by atoms with E-state index in [0.717, 1.165) is 6.26 Å². The van der Waals surface area contributed by atoms with Gasteiger partial charge in [-0.05, 0) is 30.2 Å². The smallest absolute Gasteiger partial charge is 0.261 e. The van der Waals surface area contributed by atoms with Crippen molar-refractivity contribution in [1.29, 1.82) is 0 Å². The van der Waals surface area contributed by atoms with Crippen LogP contribution in [0.4, 0.5) is 5.69 Å². The molecule has 0 saturated carbocycles. The second kappa shape index (κ2) is 4.83. The fourth-order valence-electron chi connectivity index (χ4n) is 1.37. The number of nitrogens with one attached hydrogen (secondary N) is 1. The summed E-state index contributed by atoms with van der Waals surface area (Å²) < 4.78 is 46.8. The summed E-state index contributed by atoms with van der Waals surface area (Å²) in [5.74, 6) is 0. The summed E-state index contributed by atoms with van der Waals surface area (Å²) >= 11 is 0. The van der Waals surface area contributed by atoms with Gasteiger partial charge < -0.3 is 0 Å². The minimum atomic E-state index is -3.81. The number of aryl methyl sites for hydroxylation is 1. The summed E-state index contributed by atoms with van der Waals surface area (Å²) in [6.45, 7) is 1.76. The lowest BCUT2D eigenvalue weighted by atomic mass is 10.1.